The molecule has 0 aliphatic carbocycles. The molecule has 0 atom stereocenters. The molecule has 2 rings (SSSR count). The molecule has 90 valence electrons. The highest BCUT2D eigenvalue weighted by atomic mass is 35.5. The van der Waals surface area contributed by atoms with Gasteiger partial charge in [-0.3, -0.25) is 0 Å². The molecule has 1 heterocycles. The number of rotatable bonds is 2. The number of halogens is 2. The Morgan fingerprint density at radius 1 is 1.18 bits per heavy atom. The molecule has 0 bridgehead atoms. The first-order chi connectivity index (χ1) is 7.89. The minimum absolute atomic E-state index is 0.136. The highest BCUT2D eigenvalue weighted by molar-refractivity contribution is 7.89. The van der Waals surface area contributed by atoms with Gasteiger partial charge in [0.05, 0.1) is 26.8 Å². The Kier molecular flexibility index (Phi) is 3.18. The number of hydrogen-bond donors (Lipinski definition) is 1. The normalized spacial score (nSPS) is 11.7. The molecule has 0 aliphatic rings. The number of primary sulfonamides is 1. The summed E-state index contributed by atoms with van der Waals surface area (Å²) in [5.74, 6) is 0.459. The van der Waals surface area contributed by atoms with E-state index in [0.29, 0.717) is 11.3 Å². The number of hydrogen-bond acceptors (Lipinski definition) is 3. The molecule has 1 aromatic heterocycles. The molecular weight excluding hydrogens is 285 g/mol. The summed E-state index contributed by atoms with van der Waals surface area (Å²) in [6.45, 7) is 0. The predicted octanol–water partition coefficient (Wildman–Crippen LogP) is 2.90. The maximum absolute atomic E-state index is 11.2. The SMILES string of the molecule is NS(=O)(=O)c1cc(Cl)c(-c2ccco2)c(Cl)c1. The molecule has 0 saturated heterocycles. The van der Waals surface area contributed by atoms with E-state index in [9.17, 15) is 8.42 Å². The third-order valence-electron chi connectivity index (χ3n) is 2.11. The lowest BCUT2D eigenvalue weighted by molar-refractivity contribution is 0.582. The zero-order valence-electron chi connectivity index (χ0n) is 8.35. The fourth-order valence-corrected chi connectivity index (χ4v) is 2.74. The van der Waals surface area contributed by atoms with Gasteiger partial charge < -0.3 is 4.42 Å². The molecular formula is C10H7Cl2NO3S. The smallest absolute Gasteiger partial charge is 0.238 e. The van der Waals surface area contributed by atoms with Crippen molar-refractivity contribution in [3.8, 4) is 11.3 Å². The van der Waals surface area contributed by atoms with Crippen LogP contribution in [0.1, 0.15) is 0 Å². The van der Waals surface area contributed by atoms with Crippen LogP contribution >= 0.6 is 23.2 Å². The standard InChI is InChI=1S/C10H7Cl2NO3S/c11-7-4-6(17(13,14)15)5-8(12)10(7)9-2-1-3-16-9/h1-5H,(H2,13,14,15). The van der Waals surface area contributed by atoms with Crippen molar-refractivity contribution in [3.05, 3.63) is 40.6 Å². The molecule has 7 heteroatoms. The molecule has 0 aliphatic heterocycles. The first kappa shape index (κ1) is 12.4. The van der Waals surface area contributed by atoms with Gasteiger partial charge in [-0.1, -0.05) is 23.2 Å². The zero-order chi connectivity index (χ0) is 12.6. The fourth-order valence-electron chi connectivity index (χ4n) is 1.37. The summed E-state index contributed by atoms with van der Waals surface area (Å²) >= 11 is 11.9. The van der Waals surface area contributed by atoms with Crippen LogP contribution in [-0.2, 0) is 10.0 Å². The highest BCUT2D eigenvalue weighted by Crippen LogP contribution is 2.36. The van der Waals surface area contributed by atoms with E-state index in [1.54, 1.807) is 12.1 Å². The Balaban J connectivity index is 2.67. The number of benzene rings is 1. The van der Waals surface area contributed by atoms with Crippen molar-refractivity contribution >= 4 is 33.2 Å². The van der Waals surface area contributed by atoms with Gasteiger partial charge in [0.2, 0.25) is 10.0 Å². The van der Waals surface area contributed by atoms with E-state index >= 15 is 0 Å². The van der Waals surface area contributed by atoms with Crippen LogP contribution in [0.2, 0.25) is 10.0 Å². The monoisotopic (exact) mass is 291 g/mol. The van der Waals surface area contributed by atoms with Crippen molar-refractivity contribution < 1.29 is 12.8 Å². The third kappa shape index (κ3) is 2.47. The van der Waals surface area contributed by atoms with Crippen LogP contribution < -0.4 is 5.14 Å². The molecule has 17 heavy (non-hydrogen) atoms. The second kappa shape index (κ2) is 4.34. The van der Waals surface area contributed by atoms with Crippen molar-refractivity contribution in [2.45, 2.75) is 4.90 Å². The first-order valence-corrected chi connectivity index (χ1v) is 6.75. The Morgan fingerprint density at radius 3 is 2.18 bits per heavy atom. The van der Waals surface area contributed by atoms with E-state index < -0.39 is 10.0 Å². The second-order valence-electron chi connectivity index (χ2n) is 3.28. The number of nitrogens with two attached hydrogens (primary N) is 1. The van der Waals surface area contributed by atoms with Crippen LogP contribution in [0.4, 0.5) is 0 Å². The summed E-state index contributed by atoms with van der Waals surface area (Å²) < 4.78 is 27.5. The van der Waals surface area contributed by atoms with Gasteiger partial charge in [-0.05, 0) is 24.3 Å². The summed E-state index contributed by atoms with van der Waals surface area (Å²) in [5, 5.41) is 5.32. The van der Waals surface area contributed by atoms with Crippen molar-refractivity contribution in [2.75, 3.05) is 0 Å². The maximum atomic E-state index is 11.2. The fraction of sp³-hybridized carbons (Fsp3) is 0. The van der Waals surface area contributed by atoms with Crippen LogP contribution in [0.5, 0.6) is 0 Å². The average Bonchev–Trinajstić information content (AvgIpc) is 2.68. The molecule has 2 aromatic rings. The van der Waals surface area contributed by atoms with Crippen LogP contribution in [-0.4, -0.2) is 8.42 Å². The lowest BCUT2D eigenvalue weighted by Gasteiger charge is -2.06. The first-order valence-electron chi connectivity index (χ1n) is 4.45. The Bertz CT molecular complexity index is 627. The Labute approximate surface area is 108 Å². The van der Waals surface area contributed by atoms with Gasteiger partial charge in [-0.15, -0.1) is 0 Å². The van der Waals surface area contributed by atoms with Gasteiger partial charge in [-0.2, -0.15) is 0 Å². The zero-order valence-corrected chi connectivity index (χ0v) is 10.7. The molecule has 4 nitrogen and oxygen atoms in total. The Hall–Kier alpha value is -1.01. The largest absolute Gasteiger partial charge is 0.464 e. The Morgan fingerprint density at radius 2 is 1.76 bits per heavy atom. The van der Waals surface area contributed by atoms with Crippen LogP contribution in [0.3, 0.4) is 0 Å². The molecule has 0 fully saturated rings. The van der Waals surface area contributed by atoms with E-state index in [1.807, 2.05) is 0 Å². The van der Waals surface area contributed by atoms with Gasteiger partial charge in [0.15, 0.2) is 0 Å². The predicted molar refractivity (Wildman–Crippen MR) is 65.5 cm³/mol. The molecule has 0 radical (unpaired) electrons. The lowest BCUT2D eigenvalue weighted by atomic mass is 10.2. The van der Waals surface area contributed by atoms with Crippen molar-refractivity contribution in [1.29, 1.82) is 0 Å². The maximum Gasteiger partial charge on any atom is 0.238 e. The molecule has 0 saturated carbocycles. The highest BCUT2D eigenvalue weighted by Gasteiger charge is 2.17. The molecule has 0 spiro atoms. The van der Waals surface area contributed by atoms with E-state index in [4.69, 9.17) is 32.8 Å². The number of furan rings is 1. The molecule has 2 N–H and O–H groups in total. The lowest BCUT2D eigenvalue weighted by Crippen LogP contribution is -2.12. The van der Waals surface area contributed by atoms with Gasteiger partial charge in [0.1, 0.15) is 5.76 Å². The van der Waals surface area contributed by atoms with Crippen LogP contribution in [0.15, 0.2) is 39.8 Å². The van der Waals surface area contributed by atoms with Crippen LogP contribution in [0.25, 0.3) is 11.3 Å². The third-order valence-corrected chi connectivity index (χ3v) is 3.60. The van der Waals surface area contributed by atoms with Crippen molar-refractivity contribution in [2.24, 2.45) is 5.14 Å². The minimum Gasteiger partial charge on any atom is -0.464 e. The van der Waals surface area contributed by atoms with Crippen molar-refractivity contribution in [3.63, 3.8) is 0 Å². The molecule has 1 aromatic carbocycles. The van der Waals surface area contributed by atoms with E-state index in [-0.39, 0.29) is 14.9 Å². The second-order valence-corrected chi connectivity index (χ2v) is 5.66. The van der Waals surface area contributed by atoms with E-state index in [2.05, 4.69) is 0 Å². The summed E-state index contributed by atoms with van der Waals surface area (Å²) in [6.07, 6.45) is 1.47. The van der Waals surface area contributed by atoms with Crippen LogP contribution in [0, 0.1) is 0 Å². The van der Waals surface area contributed by atoms with Gasteiger partial charge in [0, 0.05) is 0 Å². The van der Waals surface area contributed by atoms with E-state index in [0.717, 1.165) is 0 Å². The minimum atomic E-state index is -3.83. The summed E-state index contributed by atoms with van der Waals surface area (Å²) in [4.78, 5) is -0.136. The average molecular weight is 292 g/mol. The van der Waals surface area contributed by atoms with Gasteiger partial charge in [-0.25, -0.2) is 13.6 Å². The van der Waals surface area contributed by atoms with Gasteiger partial charge >= 0.3 is 0 Å². The summed E-state index contributed by atoms with van der Waals surface area (Å²) in [7, 11) is -3.83. The van der Waals surface area contributed by atoms with Gasteiger partial charge in [0.25, 0.3) is 0 Å². The summed E-state index contributed by atoms with van der Waals surface area (Å²) in [6, 6.07) is 5.82. The topological polar surface area (TPSA) is 73.3 Å². The molecule has 0 amide bonds. The molecule has 0 unspecified atom stereocenters. The van der Waals surface area contributed by atoms with E-state index in [1.165, 1.54) is 18.4 Å². The number of sulfonamides is 1. The summed E-state index contributed by atoms with van der Waals surface area (Å²) in [5.41, 5.74) is 0.436. The quantitative estimate of drug-likeness (QED) is 0.924. The van der Waals surface area contributed by atoms with Crippen molar-refractivity contribution in [1.82, 2.24) is 0 Å².